The Kier molecular flexibility index (Phi) is 5.63. The third-order valence-corrected chi connectivity index (χ3v) is 4.21. The van der Waals surface area contributed by atoms with Crippen LogP contribution in [0.3, 0.4) is 0 Å². The van der Waals surface area contributed by atoms with Crippen molar-refractivity contribution in [1.82, 2.24) is 5.32 Å². The topological polar surface area (TPSA) is 12.0 Å². The quantitative estimate of drug-likeness (QED) is 0.782. The molecule has 0 bridgehead atoms. The highest BCUT2D eigenvalue weighted by atomic mass is 35.5. The normalized spacial score (nSPS) is 12.4. The Balaban J connectivity index is 2.35. The molecule has 21 heavy (non-hydrogen) atoms. The molecule has 0 aromatic heterocycles. The van der Waals surface area contributed by atoms with E-state index >= 15 is 0 Å². The number of hydrogen-bond donors (Lipinski definition) is 1. The van der Waals surface area contributed by atoms with Crippen LogP contribution in [0, 0.1) is 12.7 Å². The van der Waals surface area contributed by atoms with Gasteiger partial charge in [0.15, 0.2) is 0 Å². The average Bonchev–Trinajstić information content (AvgIpc) is 2.45. The fraction of sp³-hybridized carbons (Fsp3) is 0.294. The molecular formula is C17H18Cl2FN. The number of hydrogen-bond acceptors (Lipinski definition) is 1. The van der Waals surface area contributed by atoms with Gasteiger partial charge in [0.2, 0.25) is 0 Å². The van der Waals surface area contributed by atoms with Gasteiger partial charge < -0.3 is 5.32 Å². The van der Waals surface area contributed by atoms with Crippen molar-refractivity contribution in [3.05, 3.63) is 69.0 Å². The zero-order valence-corrected chi connectivity index (χ0v) is 13.6. The Morgan fingerprint density at radius 3 is 2.67 bits per heavy atom. The number of benzene rings is 2. The van der Waals surface area contributed by atoms with E-state index in [2.05, 4.69) is 5.32 Å². The molecule has 0 aliphatic heterocycles. The van der Waals surface area contributed by atoms with E-state index in [4.69, 9.17) is 23.2 Å². The second-order valence-electron chi connectivity index (χ2n) is 5.00. The molecule has 2 rings (SSSR count). The van der Waals surface area contributed by atoms with Crippen LogP contribution < -0.4 is 5.32 Å². The molecule has 0 fully saturated rings. The van der Waals surface area contributed by atoms with Crippen molar-refractivity contribution in [3.63, 3.8) is 0 Å². The highest BCUT2D eigenvalue weighted by Gasteiger charge is 2.17. The summed E-state index contributed by atoms with van der Waals surface area (Å²) < 4.78 is 14.0. The lowest BCUT2D eigenvalue weighted by atomic mass is 9.95. The summed E-state index contributed by atoms with van der Waals surface area (Å²) in [7, 11) is 0. The standard InChI is InChI=1S/C17H18Cl2FN/c1-3-21-17(14-5-4-6-15(19)11(14)2)10-12-9-13(18)7-8-16(12)20/h4-9,17,21H,3,10H2,1-2H3. The molecule has 0 heterocycles. The fourth-order valence-corrected chi connectivity index (χ4v) is 2.84. The van der Waals surface area contributed by atoms with E-state index < -0.39 is 0 Å². The zero-order valence-electron chi connectivity index (χ0n) is 12.1. The molecule has 0 saturated heterocycles. The second-order valence-corrected chi connectivity index (χ2v) is 5.85. The van der Waals surface area contributed by atoms with Gasteiger partial charge in [-0.3, -0.25) is 0 Å². The van der Waals surface area contributed by atoms with E-state index in [1.165, 1.54) is 6.07 Å². The fourth-order valence-electron chi connectivity index (χ4n) is 2.46. The maximum absolute atomic E-state index is 14.0. The van der Waals surface area contributed by atoms with Gasteiger partial charge in [0, 0.05) is 16.1 Å². The first-order valence-electron chi connectivity index (χ1n) is 6.95. The molecule has 112 valence electrons. The van der Waals surface area contributed by atoms with Crippen LogP contribution >= 0.6 is 23.2 Å². The van der Waals surface area contributed by atoms with Crippen LogP contribution in [-0.2, 0) is 6.42 Å². The van der Waals surface area contributed by atoms with Gasteiger partial charge in [-0.2, -0.15) is 0 Å². The maximum atomic E-state index is 14.0. The summed E-state index contributed by atoms with van der Waals surface area (Å²) in [5.41, 5.74) is 2.71. The van der Waals surface area contributed by atoms with Crippen LogP contribution in [0.4, 0.5) is 4.39 Å². The molecule has 1 N–H and O–H groups in total. The Labute approximate surface area is 135 Å². The highest BCUT2D eigenvalue weighted by molar-refractivity contribution is 6.31. The van der Waals surface area contributed by atoms with Gasteiger partial charge >= 0.3 is 0 Å². The summed E-state index contributed by atoms with van der Waals surface area (Å²) in [6.45, 7) is 4.80. The molecule has 0 saturated carbocycles. The van der Waals surface area contributed by atoms with Gasteiger partial charge in [-0.15, -0.1) is 0 Å². The Hall–Kier alpha value is -1.09. The summed E-state index contributed by atoms with van der Waals surface area (Å²) >= 11 is 12.2. The summed E-state index contributed by atoms with van der Waals surface area (Å²) in [6.07, 6.45) is 0.529. The number of rotatable bonds is 5. The van der Waals surface area contributed by atoms with Crippen LogP contribution in [0.5, 0.6) is 0 Å². The monoisotopic (exact) mass is 325 g/mol. The SMILES string of the molecule is CCNC(Cc1cc(Cl)ccc1F)c1cccc(Cl)c1C. The van der Waals surface area contributed by atoms with Gasteiger partial charge in [0.1, 0.15) is 5.82 Å². The Morgan fingerprint density at radius 1 is 1.19 bits per heavy atom. The summed E-state index contributed by atoms with van der Waals surface area (Å²) in [5.74, 6) is -0.234. The number of likely N-dealkylation sites (N-methyl/N-ethyl adjacent to an activating group) is 1. The van der Waals surface area contributed by atoms with Gasteiger partial charge in [0.05, 0.1) is 0 Å². The van der Waals surface area contributed by atoms with Gasteiger partial charge in [0.25, 0.3) is 0 Å². The maximum Gasteiger partial charge on any atom is 0.126 e. The lowest BCUT2D eigenvalue weighted by Gasteiger charge is -2.21. The van der Waals surface area contributed by atoms with Crippen molar-refractivity contribution >= 4 is 23.2 Å². The molecule has 0 aliphatic carbocycles. The van der Waals surface area contributed by atoms with Crippen molar-refractivity contribution in [2.45, 2.75) is 26.3 Å². The zero-order chi connectivity index (χ0) is 15.4. The summed E-state index contributed by atoms with van der Waals surface area (Å²) in [5, 5.41) is 4.66. The Bertz CT molecular complexity index is 628. The van der Waals surface area contributed by atoms with Crippen LogP contribution in [0.25, 0.3) is 0 Å². The molecule has 2 aromatic rings. The summed E-state index contributed by atoms with van der Waals surface area (Å²) in [4.78, 5) is 0. The first-order valence-corrected chi connectivity index (χ1v) is 7.70. The van der Waals surface area contributed by atoms with E-state index in [9.17, 15) is 4.39 Å². The first kappa shape index (κ1) is 16.3. The van der Waals surface area contributed by atoms with Gasteiger partial charge in [-0.25, -0.2) is 4.39 Å². The van der Waals surface area contributed by atoms with Crippen molar-refractivity contribution in [2.24, 2.45) is 0 Å². The van der Waals surface area contributed by atoms with Crippen LogP contribution in [-0.4, -0.2) is 6.54 Å². The van der Waals surface area contributed by atoms with Gasteiger partial charge in [-0.05, 0) is 60.8 Å². The molecule has 0 aliphatic rings. The molecule has 1 nitrogen and oxygen atoms in total. The van der Waals surface area contributed by atoms with Crippen molar-refractivity contribution in [1.29, 1.82) is 0 Å². The largest absolute Gasteiger partial charge is 0.310 e. The molecule has 0 amide bonds. The van der Waals surface area contributed by atoms with Crippen LogP contribution in [0.1, 0.15) is 29.7 Å². The van der Waals surface area contributed by atoms with E-state index in [1.807, 2.05) is 32.0 Å². The lowest BCUT2D eigenvalue weighted by molar-refractivity contribution is 0.526. The third kappa shape index (κ3) is 3.97. The molecule has 4 heteroatoms. The highest BCUT2D eigenvalue weighted by Crippen LogP contribution is 2.28. The van der Waals surface area contributed by atoms with Crippen molar-refractivity contribution in [2.75, 3.05) is 6.54 Å². The molecule has 0 spiro atoms. The Morgan fingerprint density at radius 2 is 1.95 bits per heavy atom. The van der Waals surface area contributed by atoms with E-state index in [-0.39, 0.29) is 11.9 Å². The van der Waals surface area contributed by atoms with Gasteiger partial charge in [-0.1, -0.05) is 42.3 Å². The van der Waals surface area contributed by atoms with E-state index in [0.717, 1.165) is 22.7 Å². The lowest BCUT2D eigenvalue weighted by Crippen LogP contribution is -2.24. The van der Waals surface area contributed by atoms with Crippen molar-refractivity contribution in [3.8, 4) is 0 Å². The minimum atomic E-state index is -0.234. The minimum absolute atomic E-state index is 0.00154. The predicted octanol–water partition coefficient (Wildman–Crippen LogP) is 5.33. The predicted molar refractivity (Wildman–Crippen MR) is 87.7 cm³/mol. The molecule has 0 radical (unpaired) electrons. The first-order chi connectivity index (χ1) is 10.0. The van der Waals surface area contributed by atoms with Crippen LogP contribution in [0.15, 0.2) is 36.4 Å². The average molecular weight is 326 g/mol. The van der Waals surface area contributed by atoms with Crippen LogP contribution in [0.2, 0.25) is 10.0 Å². The van der Waals surface area contributed by atoms with Crippen molar-refractivity contribution < 1.29 is 4.39 Å². The molecule has 1 atom stereocenters. The minimum Gasteiger partial charge on any atom is -0.310 e. The second kappa shape index (κ2) is 7.26. The number of halogens is 3. The molecular weight excluding hydrogens is 308 g/mol. The number of nitrogens with one attached hydrogen (secondary N) is 1. The summed E-state index contributed by atoms with van der Waals surface area (Å²) in [6, 6.07) is 10.5. The van der Waals surface area contributed by atoms with E-state index in [0.29, 0.717) is 17.0 Å². The van der Waals surface area contributed by atoms with E-state index in [1.54, 1.807) is 12.1 Å². The smallest absolute Gasteiger partial charge is 0.126 e. The molecule has 2 aromatic carbocycles. The third-order valence-electron chi connectivity index (χ3n) is 3.57. The molecule has 1 unspecified atom stereocenters.